The predicted molar refractivity (Wildman–Crippen MR) is 128 cm³/mol. The van der Waals surface area contributed by atoms with E-state index in [-0.39, 0.29) is 5.91 Å². The lowest BCUT2D eigenvalue weighted by molar-refractivity contribution is 0.102. The van der Waals surface area contributed by atoms with Crippen LogP contribution >= 0.6 is 23.2 Å². The molecule has 1 N–H and O–H groups in total. The second kappa shape index (κ2) is 9.90. The Hall–Kier alpha value is -3.28. The van der Waals surface area contributed by atoms with Crippen LogP contribution in [0.2, 0.25) is 10.0 Å². The number of nitrogens with zero attached hydrogens (tertiary/aromatic N) is 2. The molecule has 0 aliphatic rings. The minimum Gasteiger partial charge on any atom is -0.487 e. The molecule has 32 heavy (non-hydrogen) atoms. The molecule has 1 aromatic heterocycles. The number of nitrogens with one attached hydrogen (secondary N) is 1. The van der Waals surface area contributed by atoms with Crippen LogP contribution in [0.1, 0.15) is 27.0 Å². The van der Waals surface area contributed by atoms with Gasteiger partial charge in [-0.15, -0.1) is 0 Å². The van der Waals surface area contributed by atoms with E-state index in [0.29, 0.717) is 40.2 Å². The molecule has 0 atom stereocenters. The Morgan fingerprint density at radius 3 is 2.47 bits per heavy atom. The molecule has 0 aliphatic heterocycles. The standard InChI is InChI=1S/C25H21Cl2N3O2/c1-17-2-11-23(27)24(12-17)32-16-19-3-7-20(8-4-19)25(31)29-22-13-28-30(15-22)14-18-5-9-21(26)10-6-18/h2-13,15H,14,16H2,1H3,(H,29,31). The van der Waals surface area contributed by atoms with E-state index in [4.69, 9.17) is 27.9 Å². The fraction of sp³-hybridized carbons (Fsp3) is 0.120. The van der Waals surface area contributed by atoms with Crippen LogP contribution in [0.4, 0.5) is 5.69 Å². The van der Waals surface area contributed by atoms with E-state index in [2.05, 4.69) is 10.4 Å². The molecule has 0 saturated carbocycles. The summed E-state index contributed by atoms with van der Waals surface area (Å²) in [7, 11) is 0. The summed E-state index contributed by atoms with van der Waals surface area (Å²) in [6, 6.07) is 20.5. The molecule has 162 valence electrons. The third kappa shape index (κ3) is 5.69. The first-order chi connectivity index (χ1) is 15.5. The average Bonchev–Trinajstić information content (AvgIpc) is 3.23. The number of halogens is 2. The van der Waals surface area contributed by atoms with Crippen molar-refractivity contribution in [1.29, 1.82) is 0 Å². The van der Waals surface area contributed by atoms with Crippen LogP contribution < -0.4 is 10.1 Å². The van der Waals surface area contributed by atoms with Gasteiger partial charge in [0, 0.05) is 16.8 Å². The number of carbonyl (C=O) groups is 1. The topological polar surface area (TPSA) is 56.1 Å². The van der Waals surface area contributed by atoms with E-state index < -0.39 is 0 Å². The molecule has 0 bridgehead atoms. The van der Waals surface area contributed by atoms with E-state index in [1.807, 2.05) is 61.5 Å². The van der Waals surface area contributed by atoms with Crippen molar-refractivity contribution < 1.29 is 9.53 Å². The Morgan fingerprint density at radius 2 is 1.72 bits per heavy atom. The van der Waals surface area contributed by atoms with Crippen molar-refractivity contribution in [3.8, 4) is 5.75 Å². The summed E-state index contributed by atoms with van der Waals surface area (Å²) >= 11 is 12.1. The normalized spacial score (nSPS) is 10.7. The van der Waals surface area contributed by atoms with Gasteiger partial charge in [0.25, 0.3) is 5.91 Å². The number of aryl methyl sites for hydroxylation is 1. The molecule has 0 radical (unpaired) electrons. The van der Waals surface area contributed by atoms with E-state index in [1.165, 1.54) is 0 Å². The maximum Gasteiger partial charge on any atom is 0.255 e. The number of aromatic nitrogens is 2. The lowest BCUT2D eigenvalue weighted by atomic mass is 10.1. The summed E-state index contributed by atoms with van der Waals surface area (Å²) in [5, 5.41) is 8.44. The van der Waals surface area contributed by atoms with Crippen molar-refractivity contribution in [1.82, 2.24) is 9.78 Å². The molecule has 0 fully saturated rings. The largest absolute Gasteiger partial charge is 0.487 e. The molecule has 4 rings (SSSR count). The molecule has 5 nitrogen and oxygen atoms in total. The fourth-order valence-electron chi connectivity index (χ4n) is 3.13. The van der Waals surface area contributed by atoms with E-state index in [9.17, 15) is 4.79 Å². The minimum absolute atomic E-state index is 0.203. The van der Waals surface area contributed by atoms with Gasteiger partial charge in [0.2, 0.25) is 0 Å². The van der Waals surface area contributed by atoms with E-state index in [0.717, 1.165) is 16.7 Å². The third-order valence-corrected chi connectivity index (χ3v) is 5.41. The summed E-state index contributed by atoms with van der Waals surface area (Å²) in [6.45, 7) is 2.94. The van der Waals surface area contributed by atoms with Gasteiger partial charge in [0.05, 0.1) is 23.5 Å². The molecule has 0 unspecified atom stereocenters. The summed E-state index contributed by atoms with van der Waals surface area (Å²) in [5.41, 5.74) is 4.27. The summed E-state index contributed by atoms with van der Waals surface area (Å²) in [4.78, 5) is 12.6. The number of hydrogen-bond donors (Lipinski definition) is 1. The van der Waals surface area contributed by atoms with Crippen molar-refractivity contribution in [3.05, 3.63) is 111 Å². The zero-order valence-electron chi connectivity index (χ0n) is 17.4. The molecule has 1 heterocycles. The smallest absolute Gasteiger partial charge is 0.255 e. The molecule has 0 saturated heterocycles. The van der Waals surface area contributed by atoms with Crippen molar-refractivity contribution >= 4 is 34.8 Å². The first kappa shape index (κ1) is 21.9. The van der Waals surface area contributed by atoms with Crippen molar-refractivity contribution in [2.75, 3.05) is 5.32 Å². The van der Waals surface area contributed by atoms with Gasteiger partial charge in [-0.2, -0.15) is 5.10 Å². The highest BCUT2D eigenvalue weighted by Crippen LogP contribution is 2.26. The van der Waals surface area contributed by atoms with Crippen molar-refractivity contribution in [3.63, 3.8) is 0 Å². The highest BCUT2D eigenvalue weighted by Gasteiger charge is 2.09. The molecular weight excluding hydrogens is 445 g/mol. The number of carbonyl (C=O) groups excluding carboxylic acids is 1. The fourth-order valence-corrected chi connectivity index (χ4v) is 3.43. The lowest BCUT2D eigenvalue weighted by Crippen LogP contribution is -2.11. The summed E-state index contributed by atoms with van der Waals surface area (Å²) in [5.74, 6) is 0.439. The molecule has 0 spiro atoms. The van der Waals surface area contributed by atoms with Gasteiger partial charge >= 0.3 is 0 Å². The average molecular weight is 466 g/mol. The van der Waals surface area contributed by atoms with Gasteiger partial charge in [-0.3, -0.25) is 9.48 Å². The van der Waals surface area contributed by atoms with Gasteiger partial charge in [-0.25, -0.2) is 0 Å². The number of benzene rings is 3. The monoisotopic (exact) mass is 465 g/mol. The Morgan fingerprint density at radius 1 is 1.00 bits per heavy atom. The number of hydrogen-bond acceptors (Lipinski definition) is 3. The van der Waals surface area contributed by atoms with Crippen LogP contribution in [-0.2, 0) is 13.2 Å². The van der Waals surface area contributed by atoms with Crippen LogP contribution in [0.3, 0.4) is 0 Å². The first-order valence-electron chi connectivity index (χ1n) is 10.0. The zero-order valence-corrected chi connectivity index (χ0v) is 18.9. The van der Waals surface area contributed by atoms with Crippen LogP contribution in [0, 0.1) is 6.92 Å². The van der Waals surface area contributed by atoms with Gasteiger partial charge in [-0.05, 0) is 60.0 Å². The number of anilines is 1. The Labute approximate surface area is 196 Å². The van der Waals surface area contributed by atoms with Crippen LogP contribution in [0.5, 0.6) is 5.75 Å². The first-order valence-corrected chi connectivity index (χ1v) is 10.8. The van der Waals surface area contributed by atoms with Crippen LogP contribution in [0.15, 0.2) is 79.1 Å². The quantitative estimate of drug-likeness (QED) is 0.344. The third-order valence-electron chi connectivity index (χ3n) is 4.85. The minimum atomic E-state index is -0.203. The van der Waals surface area contributed by atoms with Crippen LogP contribution in [-0.4, -0.2) is 15.7 Å². The number of ether oxygens (including phenoxy) is 1. The molecule has 3 aromatic carbocycles. The number of amides is 1. The number of rotatable bonds is 7. The molecule has 4 aromatic rings. The summed E-state index contributed by atoms with van der Waals surface area (Å²) < 4.78 is 7.57. The maximum atomic E-state index is 12.6. The van der Waals surface area contributed by atoms with E-state index >= 15 is 0 Å². The molecule has 0 aliphatic carbocycles. The van der Waals surface area contributed by atoms with Gasteiger partial charge in [-0.1, -0.05) is 53.5 Å². The van der Waals surface area contributed by atoms with Crippen molar-refractivity contribution in [2.45, 2.75) is 20.1 Å². The molecular formula is C25H21Cl2N3O2. The van der Waals surface area contributed by atoms with Gasteiger partial charge < -0.3 is 10.1 Å². The molecule has 1 amide bonds. The van der Waals surface area contributed by atoms with E-state index in [1.54, 1.807) is 29.2 Å². The summed E-state index contributed by atoms with van der Waals surface area (Å²) in [6.07, 6.45) is 3.42. The van der Waals surface area contributed by atoms with Gasteiger partial charge in [0.1, 0.15) is 12.4 Å². The van der Waals surface area contributed by atoms with Gasteiger partial charge in [0.15, 0.2) is 0 Å². The zero-order chi connectivity index (χ0) is 22.5. The highest BCUT2D eigenvalue weighted by molar-refractivity contribution is 6.32. The SMILES string of the molecule is Cc1ccc(Cl)c(OCc2ccc(C(=O)Nc3cnn(Cc4ccc(Cl)cc4)c3)cc2)c1. The van der Waals surface area contributed by atoms with Crippen molar-refractivity contribution in [2.24, 2.45) is 0 Å². The van der Waals surface area contributed by atoms with Crippen LogP contribution in [0.25, 0.3) is 0 Å². The Kier molecular flexibility index (Phi) is 6.78. The highest BCUT2D eigenvalue weighted by atomic mass is 35.5. The lowest BCUT2D eigenvalue weighted by Gasteiger charge is -2.09. The second-order valence-electron chi connectivity index (χ2n) is 7.43. The Balaban J connectivity index is 1.33. The predicted octanol–water partition coefficient (Wildman–Crippen LogP) is 6.38. The Bertz CT molecular complexity index is 1220. The maximum absolute atomic E-state index is 12.6. The second-order valence-corrected chi connectivity index (χ2v) is 8.27. The molecule has 7 heteroatoms.